The molecule has 0 fully saturated rings. The third-order valence-corrected chi connectivity index (χ3v) is 7.06. The molecular formula is C24H25N3O2S2. The quantitative estimate of drug-likeness (QED) is 0.333. The van der Waals surface area contributed by atoms with Crippen LogP contribution in [0.4, 0.5) is 0 Å². The van der Waals surface area contributed by atoms with Crippen LogP contribution in [0.3, 0.4) is 0 Å². The summed E-state index contributed by atoms with van der Waals surface area (Å²) in [6.45, 7) is 4.35. The fourth-order valence-corrected chi connectivity index (χ4v) is 4.88. The highest BCUT2D eigenvalue weighted by atomic mass is 32.2. The summed E-state index contributed by atoms with van der Waals surface area (Å²) < 4.78 is 7.78. The molecule has 0 bridgehead atoms. The van der Waals surface area contributed by atoms with Crippen LogP contribution in [-0.2, 0) is 12.8 Å². The predicted molar refractivity (Wildman–Crippen MR) is 126 cm³/mol. The molecule has 0 saturated carbocycles. The Kier molecular flexibility index (Phi) is 6.63. The van der Waals surface area contributed by atoms with Crippen molar-refractivity contribution in [2.75, 3.05) is 0 Å². The maximum Gasteiger partial charge on any atom is 0.287 e. The molecule has 3 heterocycles. The highest BCUT2D eigenvalue weighted by molar-refractivity contribution is 7.98. The second-order valence-corrected chi connectivity index (χ2v) is 9.54. The van der Waals surface area contributed by atoms with Crippen molar-refractivity contribution in [2.24, 2.45) is 7.05 Å². The molecule has 0 aliphatic carbocycles. The molecule has 1 atom stereocenters. The summed E-state index contributed by atoms with van der Waals surface area (Å²) >= 11 is 3.20. The molecule has 31 heavy (non-hydrogen) atoms. The van der Waals surface area contributed by atoms with E-state index in [9.17, 15) is 4.79 Å². The van der Waals surface area contributed by atoms with Crippen LogP contribution in [-0.4, -0.2) is 15.5 Å². The molecule has 1 amide bonds. The summed E-state index contributed by atoms with van der Waals surface area (Å²) in [7, 11) is 1.95. The van der Waals surface area contributed by atoms with Crippen LogP contribution < -0.4 is 5.32 Å². The predicted octanol–water partition coefficient (Wildman–Crippen LogP) is 6.01. The van der Waals surface area contributed by atoms with E-state index >= 15 is 0 Å². The van der Waals surface area contributed by atoms with Crippen molar-refractivity contribution < 1.29 is 9.21 Å². The van der Waals surface area contributed by atoms with Crippen LogP contribution in [0.25, 0.3) is 0 Å². The minimum atomic E-state index is -0.223. The topological polar surface area (TPSA) is 60.1 Å². The molecule has 4 aromatic rings. The van der Waals surface area contributed by atoms with Gasteiger partial charge in [0.05, 0.1) is 11.8 Å². The van der Waals surface area contributed by atoms with Gasteiger partial charge in [-0.25, -0.2) is 4.98 Å². The SMILES string of the molecule is CC(C)c1ccc(C(NC(=O)c2ccc(CSc3nccn3C)o2)c2cccs2)cc1. The standard InChI is InChI=1S/C24H25N3O2S2/c1-16(2)17-6-8-18(9-7-17)22(21-5-4-14-30-21)26-23(28)20-11-10-19(29-20)15-31-24-25-12-13-27(24)3/h4-14,16,22H,15H2,1-3H3,(H,26,28). The lowest BCUT2D eigenvalue weighted by molar-refractivity contribution is 0.0914. The number of hydrogen-bond acceptors (Lipinski definition) is 5. The number of aryl methyl sites for hydroxylation is 1. The lowest BCUT2D eigenvalue weighted by atomic mass is 9.98. The molecule has 0 saturated heterocycles. The number of benzene rings is 1. The smallest absolute Gasteiger partial charge is 0.287 e. The molecule has 5 nitrogen and oxygen atoms in total. The third kappa shape index (κ3) is 5.11. The fourth-order valence-electron chi connectivity index (χ4n) is 3.25. The van der Waals surface area contributed by atoms with Gasteiger partial charge in [0.15, 0.2) is 10.9 Å². The molecule has 0 radical (unpaired) electrons. The van der Waals surface area contributed by atoms with E-state index in [1.807, 2.05) is 41.4 Å². The average molecular weight is 452 g/mol. The largest absolute Gasteiger partial charge is 0.455 e. The van der Waals surface area contributed by atoms with Crippen LogP contribution >= 0.6 is 23.1 Å². The van der Waals surface area contributed by atoms with Gasteiger partial charge in [-0.2, -0.15) is 0 Å². The van der Waals surface area contributed by atoms with Gasteiger partial charge >= 0.3 is 0 Å². The lowest BCUT2D eigenvalue weighted by Gasteiger charge is -2.18. The number of rotatable bonds is 8. The fraction of sp³-hybridized carbons (Fsp3) is 0.250. The number of carbonyl (C=O) groups is 1. The Balaban J connectivity index is 1.48. The van der Waals surface area contributed by atoms with Crippen molar-refractivity contribution in [3.63, 3.8) is 0 Å². The second-order valence-electron chi connectivity index (χ2n) is 7.62. The van der Waals surface area contributed by atoms with E-state index < -0.39 is 0 Å². The normalized spacial score (nSPS) is 12.3. The number of thiophene rings is 1. The minimum Gasteiger partial charge on any atom is -0.455 e. The molecule has 3 aromatic heterocycles. The van der Waals surface area contributed by atoms with Crippen molar-refractivity contribution >= 4 is 29.0 Å². The van der Waals surface area contributed by atoms with Crippen molar-refractivity contribution in [3.8, 4) is 0 Å². The number of nitrogens with zero attached hydrogens (tertiary/aromatic N) is 2. The Morgan fingerprint density at radius 3 is 2.58 bits per heavy atom. The van der Waals surface area contributed by atoms with E-state index in [0.717, 1.165) is 21.4 Å². The molecule has 0 spiro atoms. The van der Waals surface area contributed by atoms with E-state index in [4.69, 9.17) is 4.42 Å². The van der Waals surface area contributed by atoms with Gasteiger partial charge in [-0.05, 0) is 40.6 Å². The summed E-state index contributed by atoms with van der Waals surface area (Å²) in [5.41, 5.74) is 2.33. The molecular weight excluding hydrogens is 426 g/mol. The number of furan rings is 1. The van der Waals surface area contributed by atoms with Gasteiger partial charge in [-0.1, -0.05) is 55.9 Å². The van der Waals surface area contributed by atoms with Gasteiger partial charge in [-0.15, -0.1) is 11.3 Å². The molecule has 1 N–H and O–H groups in total. The first-order valence-electron chi connectivity index (χ1n) is 10.1. The molecule has 160 valence electrons. The number of thioether (sulfide) groups is 1. The Hall–Kier alpha value is -2.77. The first-order valence-corrected chi connectivity index (χ1v) is 12.0. The van der Waals surface area contributed by atoms with Crippen LogP contribution in [0.2, 0.25) is 0 Å². The lowest BCUT2D eigenvalue weighted by Crippen LogP contribution is -2.28. The van der Waals surface area contributed by atoms with Crippen LogP contribution in [0.5, 0.6) is 0 Å². The zero-order valence-corrected chi connectivity index (χ0v) is 19.4. The number of amides is 1. The van der Waals surface area contributed by atoms with Crippen molar-refractivity contribution in [2.45, 2.75) is 36.7 Å². The number of nitrogens with one attached hydrogen (secondary N) is 1. The zero-order valence-electron chi connectivity index (χ0n) is 17.7. The zero-order chi connectivity index (χ0) is 21.8. The van der Waals surface area contributed by atoms with Gasteiger partial charge in [0.25, 0.3) is 5.91 Å². The highest BCUT2D eigenvalue weighted by Gasteiger charge is 2.21. The molecule has 1 unspecified atom stereocenters. The van der Waals surface area contributed by atoms with E-state index in [0.29, 0.717) is 17.4 Å². The summed E-state index contributed by atoms with van der Waals surface area (Å²) in [6.07, 6.45) is 3.67. The first-order chi connectivity index (χ1) is 15.0. The maximum atomic E-state index is 13.0. The third-order valence-electron chi connectivity index (χ3n) is 5.05. The van der Waals surface area contributed by atoms with Gasteiger partial charge in [0.2, 0.25) is 0 Å². The van der Waals surface area contributed by atoms with Gasteiger partial charge in [-0.3, -0.25) is 4.79 Å². The maximum absolute atomic E-state index is 13.0. The Morgan fingerprint density at radius 2 is 1.94 bits per heavy atom. The molecule has 0 aliphatic rings. The van der Waals surface area contributed by atoms with Gasteiger partial charge < -0.3 is 14.3 Å². The second kappa shape index (κ2) is 9.58. The number of imidazole rings is 1. The number of carbonyl (C=O) groups excluding carboxylic acids is 1. The van der Waals surface area contributed by atoms with E-state index in [1.165, 1.54) is 5.56 Å². The van der Waals surface area contributed by atoms with Crippen molar-refractivity contribution in [3.05, 3.63) is 93.8 Å². The Labute approximate surface area is 190 Å². The summed E-state index contributed by atoms with van der Waals surface area (Å²) in [4.78, 5) is 18.4. The Morgan fingerprint density at radius 1 is 1.16 bits per heavy atom. The molecule has 7 heteroatoms. The highest BCUT2D eigenvalue weighted by Crippen LogP contribution is 2.28. The van der Waals surface area contributed by atoms with E-state index in [-0.39, 0.29) is 11.9 Å². The van der Waals surface area contributed by atoms with E-state index in [2.05, 4.69) is 48.4 Å². The van der Waals surface area contributed by atoms with Crippen LogP contribution in [0, 0.1) is 0 Å². The van der Waals surface area contributed by atoms with Crippen LogP contribution in [0.15, 0.2) is 75.9 Å². The summed E-state index contributed by atoms with van der Waals surface area (Å²) in [6, 6.07) is 15.9. The number of aromatic nitrogens is 2. The summed E-state index contributed by atoms with van der Waals surface area (Å²) in [5.74, 6) is 1.92. The van der Waals surface area contributed by atoms with Crippen LogP contribution in [0.1, 0.15) is 58.1 Å². The number of hydrogen-bond donors (Lipinski definition) is 1. The summed E-state index contributed by atoms with van der Waals surface area (Å²) in [5, 5.41) is 6.08. The molecule has 0 aliphatic heterocycles. The van der Waals surface area contributed by atoms with Gasteiger partial charge in [0, 0.05) is 24.3 Å². The first kappa shape index (κ1) is 21.5. The monoisotopic (exact) mass is 451 g/mol. The van der Waals surface area contributed by atoms with Crippen molar-refractivity contribution in [1.29, 1.82) is 0 Å². The molecule has 1 aromatic carbocycles. The van der Waals surface area contributed by atoms with Crippen molar-refractivity contribution in [1.82, 2.24) is 14.9 Å². The Bertz CT molecular complexity index is 1130. The van der Waals surface area contributed by atoms with Gasteiger partial charge in [0.1, 0.15) is 5.76 Å². The molecule has 4 rings (SSSR count). The average Bonchev–Trinajstić information content (AvgIpc) is 3.53. The minimum absolute atomic E-state index is 0.218. The van der Waals surface area contributed by atoms with E-state index in [1.54, 1.807) is 35.4 Å².